The molecule has 0 radical (unpaired) electrons. The maximum absolute atomic E-state index is 12.8. The Morgan fingerprint density at radius 1 is 1.36 bits per heavy atom. The van der Waals surface area contributed by atoms with Gasteiger partial charge < -0.3 is 19.5 Å². The van der Waals surface area contributed by atoms with Crippen LogP contribution in [-0.2, 0) is 4.74 Å². The van der Waals surface area contributed by atoms with Gasteiger partial charge in [-0.05, 0) is 39.6 Å². The number of aromatic nitrogens is 1. The Bertz CT molecular complexity index is 636. The monoisotopic (exact) mass is 350 g/mol. The fourth-order valence-electron chi connectivity index (χ4n) is 3.12. The van der Waals surface area contributed by atoms with Crippen molar-refractivity contribution in [1.29, 1.82) is 0 Å². The van der Waals surface area contributed by atoms with E-state index >= 15 is 0 Å². The normalized spacial score (nSPS) is 16.8. The molecule has 0 bridgehead atoms. The minimum atomic E-state index is -0.290. The first kappa shape index (κ1) is 19.6. The molecule has 1 aromatic rings. The molecule has 1 aromatic heterocycles. The number of aryl methyl sites for hydroxylation is 1. The van der Waals surface area contributed by atoms with Crippen LogP contribution in [0.3, 0.4) is 0 Å². The van der Waals surface area contributed by atoms with Crippen molar-refractivity contribution < 1.29 is 9.53 Å². The van der Waals surface area contributed by atoms with Crippen LogP contribution in [0.2, 0.25) is 0 Å². The van der Waals surface area contributed by atoms with Crippen LogP contribution in [0, 0.1) is 6.92 Å². The van der Waals surface area contributed by atoms with Gasteiger partial charge >= 0.3 is 0 Å². The Hall–Kier alpha value is -1.70. The molecule has 25 heavy (non-hydrogen) atoms. The van der Waals surface area contributed by atoms with Crippen LogP contribution in [0.15, 0.2) is 17.1 Å². The van der Waals surface area contributed by atoms with Gasteiger partial charge in [-0.1, -0.05) is 0 Å². The minimum absolute atomic E-state index is 0.00278. The highest BCUT2D eigenvalue weighted by Gasteiger charge is 2.18. The standard InChI is InChI=1S/C18H30N4O3/c1-14-5-7-22(15(2)13-20(3)4)18(24)16(14)17(23)19-6-8-21-9-11-25-12-10-21/h5,7,15H,6,8-13H2,1-4H3,(H,19,23). The van der Waals surface area contributed by atoms with Crippen LogP contribution in [0.25, 0.3) is 0 Å². The van der Waals surface area contributed by atoms with E-state index in [0.29, 0.717) is 12.1 Å². The van der Waals surface area contributed by atoms with E-state index in [1.165, 1.54) is 0 Å². The second-order valence-electron chi connectivity index (χ2n) is 6.91. The lowest BCUT2D eigenvalue weighted by molar-refractivity contribution is 0.0383. The second kappa shape index (κ2) is 9.12. The van der Waals surface area contributed by atoms with E-state index in [1.807, 2.05) is 32.0 Å². The van der Waals surface area contributed by atoms with E-state index in [-0.39, 0.29) is 23.1 Å². The Morgan fingerprint density at radius 3 is 2.68 bits per heavy atom. The Kier molecular flexibility index (Phi) is 7.16. The number of hydrogen-bond acceptors (Lipinski definition) is 5. The number of nitrogens with one attached hydrogen (secondary N) is 1. The van der Waals surface area contributed by atoms with Gasteiger partial charge in [0, 0.05) is 45.0 Å². The van der Waals surface area contributed by atoms with Crippen molar-refractivity contribution >= 4 is 5.91 Å². The van der Waals surface area contributed by atoms with Crippen LogP contribution >= 0.6 is 0 Å². The summed E-state index contributed by atoms with van der Waals surface area (Å²) in [6, 6.07) is 1.84. The molecule has 7 nitrogen and oxygen atoms in total. The highest BCUT2D eigenvalue weighted by molar-refractivity contribution is 5.95. The molecule has 7 heteroatoms. The number of carbonyl (C=O) groups is 1. The van der Waals surface area contributed by atoms with Gasteiger partial charge in [-0.3, -0.25) is 14.5 Å². The molecule has 2 heterocycles. The lowest BCUT2D eigenvalue weighted by Crippen LogP contribution is -2.42. The highest BCUT2D eigenvalue weighted by Crippen LogP contribution is 2.08. The number of likely N-dealkylation sites (N-methyl/N-ethyl adjacent to an activating group) is 1. The van der Waals surface area contributed by atoms with Crippen LogP contribution in [0.4, 0.5) is 0 Å². The number of morpholine rings is 1. The molecule has 2 rings (SSSR count). The average molecular weight is 350 g/mol. The van der Waals surface area contributed by atoms with Crippen LogP contribution in [0.5, 0.6) is 0 Å². The van der Waals surface area contributed by atoms with E-state index in [1.54, 1.807) is 17.7 Å². The van der Waals surface area contributed by atoms with E-state index in [9.17, 15) is 9.59 Å². The molecule has 0 spiro atoms. The van der Waals surface area contributed by atoms with E-state index < -0.39 is 0 Å². The summed E-state index contributed by atoms with van der Waals surface area (Å²) in [7, 11) is 3.93. The van der Waals surface area contributed by atoms with Crippen molar-refractivity contribution in [1.82, 2.24) is 19.7 Å². The number of rotatable bonds is 7. The zero-order chi connectivity index (χ0) is 18.4. The maximum Gasteiger partial charge on any atom is 0.263 e. The van der Waals surface area contributed by atoms with Crippen LogP contribution < -0.4 is 10.9 Å². The van der Waals surface area contributed by atoms with Crippen molar-refractivity contribution in [3.63, 3.8) is 0 Å². The first-order valence-electron chi connectivity index (χ1n) is 8.85. The summed E-state index contributed by atoms with van der Waals surface area (Å²) in [5, 5.41) is 2.89. The largest absolute Gasteiger partial charge is 0.379 e. The quantitative estimate of drug-likeness (QED) is 0.768. The van der Waals surface area contributed by atoms with Crippen molar-refractivity contribution in [2.75, 3.05) is 60.0 Å². The van der Waals surface area contributed by atoms with Gasteiger partial charge in [0.2, 0.25) is 0 Å². The topological polar surface area (TPSA) is 66.8 Å². The molecular weight excluding hydrogens is 320 g/mol. The summed E-state index contributed by atoms with van der Waals surface area (Å²) in [4.78, 5) is 29.6. The van der Waals surface area contributed by atoms with Gasteiger partial charge in [0.15, 0.2) is 0 Å². The fourth-order valence-corrected chi connectivity index (χ4v) is 3.12. The van der Waals surface area contributed by atoms with Gasteiger partial charge in [-0.25, -0.2) is 0 Å². The Balaban J connectivity index is 2.03. The number of pyridine rings is 1. The third-order valence-corrected chi connectivity index (χ3v) is 4.48. The summed E-state index contributed by atoms with van der Waals surface area (Å²) in [6.45, 7) is 9.06. The molecule has 1 atom stereocenters. The molecule has 0 saturated carbocycles. The zero-order valence-electron chi connectivity index (χ0n) is 15.7. The molecule has 0 aromatic carbocycles. The summed E-state index contributed by atoms with van der Waals surface area (Å²) >= 11 is 0. The lowest BCUT2D eigenvalue weighted by atomic mass is 10.1. The molecule has 0 aliphatic carbocycles. The van der Waals surface area contributed by atoms with Crippen molar-refractivity contribution in [3.8, 4) is 0 Å². The molecule has 1 unspecified atom stereocenters. The molecule has 1 amide bonds. The van der Waals surface area contributed by atoms with Gasteiger partial charge in [0.05, 0.1) is 13.2 Å². The van der Waals surface area contributed by atoms with Gasteiger partial charge in [0.25, 0.3) is 11.5 Å². The number of carbonyl (C=O) groups excluding carboxylic acids is 1. The van der Waals surface area contributed by atoms with Crippen LogP contribution in [0.1, 0.15) is 28.9 Å². The van der Waals surface area contributed by atoms with Crippen molar-refractivity contribution in [2.45, 2.75) is 19.9 Å². The Morgan fingerprint density at radius 2 is 2.04 bits per heavy atom. The minimum Gasteiger partial charge on any atom is -0.379 e. The number of amides is 1. The summed E-state index contributed by atoms with van der Waals surface area (Å²) in [5.74, 6) is -0.290. The lowest BCUT2D eigenvalue weighted by Gasteiger charge is -2.26. The molecule has 1 saturated heterocycles. The van der Waals surface area contributed by atoms with E-state index in [2.05, 4.69) is 10.2 Å². The Labute approximate surface area is 149 Å². The molecule has 1 aliphatic rings. The van der Waals surface area contributed by atoms with Gasteiger partial charge in [-0.15, -0.1) is 0 Å². The molecule has 1 aliphatic heterocycles. The number of hydrogen-bond donors (Lipinski definition) is 1. The van der Waals surface area contributed by atoms with Gasteiger partial charge in [-0.2, -0.15) is 0 Å². The fraction of sp³-hybridized carbons (Fsp3) is 0.667. The van der Waals surface area contributed by atoms with E-state index in [4.69, 9.17) is 4.74 Å². The molecule has 140 valence electrons. The first-order chi connectivity index (χ1) is 11.9. The smallest absolute Gasteiger partial charge is 0.263 e. The maximum atomic E-state index is 12.8. The van der Waals surface area contributed by atoms with Crippen molar-refractivity contribution in [3.05, 3.63) is 33.7 Å². The molecule has 1 N–H and O–H groups in total. The summed E-state index contributed by atoms with van der Waals surface area (Å²) < 4.78 is 6.96. The SMILES string of the molecule is Cc1ccn(C(C)CN(C)C)c(=O)c1C(=O)NCCN1CCOCC1. The average Bonchev–Trinajstić information content (AvgIpc) is 2.55. The third kappa shape index (κ3) is 5.39. The summed E-state index contributed by atoms with van der Waals surface area (Å²) in [6.07, 6.45) is 1.77. The summed E-state index contributed by atoms with van der Waals surface area (Å²) in [5.41, 5.74) is 0.732. The first-order valence-corrected chi connectivity index (χ1v) is 8.85. The predicted molar refractivity (Wildman–Crippen MR) is 98.3 cm³/mol. The third-order valence-electron chi connectivity index (χ3n) is 4.48. The second-order valence-corrected chi connectivity index (χ2v) is 6.91. The van der Waals surface area contributed by atoms with Gasteiger partial charge in [0.1, 0.15) is 5.56 Å². The van der Waals surface area contributed by atoms with Crippen molar-refractivity contribution in [2.24, 2.45) is 0 Å². The zero-order valence-corrected chi connectivity index (χ0v) is 15.7. The number of nitrogens with zero attached hydrogens (tertiary/aromatic N) is 3. The molecular formula is C18H30N4O3. The molecule has 1 fully saturated rings. The number of ether oxygens (including phenoxy) is 1. The van der Waals surface area contributed by atoms with Crippen LogP contribution in [-0.4, -0.2) is 80.3 Å². The highest BCUT2D eigenvalue weighted by atomic mass is 16.5. The van der Waals surface area contributed by atoms with E-state index in [0.717, 1.165) is 39.4 Å². The predicted octanol–water partition coefficient (Wildman–Crippen LogP) is 0.341.